The molecule has 1 aromatic carbocycles. The molecule has 5 nitrogen and oxygen atoms in total. The Labute approximate surface area is 223 Å². The van der Waals surface area contributed by atoms with Crippen molar-refractivity contribution in [2.45, 2.75) is 60.8 Å². The molecule has 1 amide bonds. The highest BCUT2D eigenvalue weighted by molar-refractivity contribution is 9.11. The summed E-state index contributed by atoms with van der Waals surface area (Å²) in [7, 11) is 0. The molecule has 0 aromatic heterocycles. The van der Waals surface area contributed by atoms with Crippen LogP contribution in [0.15, 0.2) is 59.1 Å². The second kappa shape index (κ2) is 21.4. The molecule has 1 saturated heterocycles. The molecule has 1 fully saturated rings. The van der Waals surface area contributed by atoms with Gasteiger partial charge in [-0.2, -0.15) is 0 Å². The topological polar surface area (TPSA) is 53.6 Å². The van der Waals surface area contributed by atoms with Crippen LogP contribution in [0, 0.1) is 5.92 Å². The Hall–Kier alpha value is -1.89. The van der Waals surface area contributed by atoms with E-state index in [0.29, 0.717) is 19.8 Å². The van der Waals surface area contributed by atoms with Gasteiger partial charge in [0.2, 0.25) is 5.91 Å². The van der Waals surface area contributed by atoms with Gasteiger partial charge in [0.25, 0.3) is 0 Å². The van der Waals surface area contributed by atoms with Crippen molar-refractivity contribution in [2.75, 3.05) is 50.0 Å². The van der Waals surface area contributed by atoms with E-state index >= 15 is 0 Å². The Balaban J connectivity index is 0.00000274. The van der Waals surface area contributed by atoms with Crippen molar-refractivity contribution < 1.29 is 9.53 Å². The number of hydrogen-bond acceptors (Lipinski definition) is 4. The molecule has 1 aromatic rings. The number of allylic oxidation sites excluding steroid dienone is 4. The van der Waals surface area contributed by atoms with E-state index in [4.69, 9.17) is 4.74 Å². The smallest absolute Gasteiger partial charge is 0.227 e. The maximum atomic E-state index is 12.8. The number of benzene rings is 1. The fraction of sp³-hybridized carbons (Fsp3) is 0.552. The third-order valence-electron chi connectivity index (χ3n) is 5.45. The van der Waals surface area contributed by atoms with E-state index in [-0.39, 0.29) is 11.8 Å². The largest absolute Gasteiger partial charge is 0.381 e. The monoisotopic (exact) mass is 549 g/mol. The van der Waals surface area contributed by atoms with Crippen LogP contribution in [-0.2, 0) is 9.53 Å². The third-order valence-corrected chi connectivity index (χ3v) is 6.04. The molecule has 1 aliphatic rings. The van der Waals surface area contributed by atoms with Gasteiger partial charge in [0.15, 0.2) is 0 Å². The minimum atomic E-state index is 0.0656. The van der Waals surface area contributed by atoms with Gasteiger partial charge in [-0.1, -0.05) is 80.1 Å². The van der Waals surface area contributed by atoms with Gasteiger partial charge in [-0.25, -0.2) is 0 Å². The van der Waals surface area contributed by atoms with Crippen LogP contribution >= 0.6 is 15.9 Å². The first-order valence-corrected chi connectivity index (χ1v) is 13.9. The van der Waals surface area contributed by atoms with Crippen molar-refractivity contribution in [3.05, 3.63) is 59.1 Å². The van der Waals surface area contributed by atoms with Gasteiger partial charge in [0.1, 0.15) is 0 Å². The van der Waals surface area contributed by atoms with Crippen LogP contribution in [0.2, 0.25) is 0 Å². The number of halogens is 1. The van der Waals surface area contributed by atoms with Crippen LogP contribution in [0.4, 0.5) is 11.4 Å². The number of carbonyl (C=O) groups is 1. The van der Waals surface area contributed by atoms with Gasteiger partial charge in [0.05, 0.1) is 18.0 Å². The lowest BCUT2D eigenvalue weighted by Gasteiger charge is -2.31. The molecule has 35 heavy (non-hydrogen) atoms. The minimum Gasteiger partial charge on any atom is -0.381 e. The van der Waals surface area contributed by atoms with E-state index < -0.39 is 0 Å². The average Bonchev–Trinajstić information content (AvgIpc) is 2.91. The van der Waals surface area contributed by atoms with E-state index in [1.165, 1.54) is 5.57 Å². The molecule has 0 saturated carbocycles. The molecule has 0 aliphatic carbocycles. The summed E-state index contributed by atoms with van der Waals surface area (Å²) in [6.07, 6.45) is 8.78. The van der Waals surface area contributed by atoms with Crippen molar-refractivity contribution in [3.63, 3.8) is 0 Å². The summed E-state index contributed by atoms with van der Waals surface area (Å²) < 4.78 is 6.37. The molecule has 1 heterocycles. The fourth-order valence-electron chi connectivity index (χ4n) is 3.51. The average molecular weight is 551 g/mol. The molecule has 6 heteroatoms. The number of rotatable bonds is 12. The number of hydrogen-bond donors (Lipinski definition) is 2. The molecule has 0 radical (unpaired) electrons. The molecule has 0 atom stereocenters. The fourth-order valence-corrected chi connectivity index (χ4v) is 3.64. The Bertz CT molecular complexity index is 769. The lowest BCUT2D eigenvalue weighted by Crippen LogP contribution is -2.38. The van der Waals surface area contributed by atoms with E-state index in [1.54, 1.807) is 6.08 Å². The summed E-state index contributed by atoms with van der Waals surface area (Å²) in [6.45, 7) is 20.9. The van der Waals surface area contributed by atoms with Gasteiger partial charge < -0.3 is 20.3 Å². The zero-order chi connectivity index (χ0) is 26.5. The maximum Gasteiger partial charge on any atom is 0.227 e. The summed E-state index contributed by atoms with van der Waals surface area (Å²) in [5, 5.41) is 6.48. The molecule has 2 N–H and O–H groups in total. The number of likely N-dealkylation sites (tertiary alicyclic amines) is 1. The predicted octanol–water partition coefficient (Wildman–Crippen LogP) is 7.64. The number of amides is 1. The summed E-state index contributed by atoms with van der Waals surface area (Å²) in [5.74, 6) is 0.185. The van der Waals surface area contributed by atoms with Crippen molar-refractivity contribution in [1.29, 1.82) is 0 Å². The summed E-state index contributed by atoms with van der Waals surface area (Å²) in [6, 6.07) is 7.86. The second-order valence-corrected chi connectivity index (χ2v) is 8.71. The van der Waals surface area contributed by atoms with Gasteiger partial charge in [0, 0.05) is 30.1 Å². The maximum absolute atomic E-state index is 12.8. The number of anilines is 2. The molecule has 0 bridgehead atoms. The number of ether oxygens (including phenoxy) is 1. The first-order valence-electron chi connectivity index (χ1n) is 13.1. The van der Waals surface area contributed by atoms with Gasteiger partial charge >= 0.3 is 0 Å². The Morgan fingerprint density at radius 3 is 2.37 bits per heavy atom. The number of piperidine rings is 1. The predicted molar refractivity (Wildman–Crippen MR) is 157 cm³/mol. The Morgan fingerprint density at radius 2 is 1.77 bits per heavy atom. The summed E-state index contributed by atoms with van der Waals surface area (Å²) in [4.78, 5) is 15.3. The highest BCUT2D eigenvalue weighted by atomic mass is 79.9. The van der Waals surface area contributed by atoms with E-state index in [0.717, 1.165) is 54.8 Å². The molecular formula is C29H48BrN3O2. The summed E-state index contributed by atoms with van der Waals surface area (Å²) in [5.41, 5.74) is 3.12. The van der Waals surface area contributed by atoms with Gasteiger partial charge in [-0.05, 0) is 64.4 Å². The van der Waals surface area contributed by atoms with E-state index in [1.807, 2.05) is 65.0 Å². The molecule has 2 rings (SSSR count). The van der Waals surface area contributed by atoms with Crippen LogP contribution in [-0.4, -0.2) is 50.2 Å². The molecule has 198 valence electrons. The Morgan fingerprint density at radius 1 is 1.14 bits per heavy atom. The number of nitrogens with one attached hydrogen (secondary N) is 2. The second-order valence-electron chi connectivity index (χ2n) is 7.79. The molecule has 0 spiro atoms. The van der Waals surface area contributed by atoms with Crippen LogP contribution < -0.4 is 10.6 Å². The first kappa shape index (κ1) is 33.1. The molecule has 1 aliphatic heterocycles. The number of para-hydroxylation sites is 2. The normalized spacial score (nSPS) is 14.7. The van der Waals surface area contributed by atoms with Crippen molar-refractivity contribution in [3.8, 4) is 0 Å². The minimum absolute atomic E-state index is 0.0656. The number of carbonyl (C=O) groups excluding carboxylic acids is 1. The highest BCUT2D eigenvalue weighted by Gasteiger charge is 2.25. The Kier molecular flexibility index (Phi) is 20.2. The SMILES string of the molecule is C=C/C(Br)=C\C=C(/C)CCN1CCC(C(=O)Nc2ccccc2NCCOCC)CC1.CC.CC. The highest BCUT2D eigenvalue weighted by Crippen LogP contribution is 2.24. The van der Waals surface area contributed by atoms with Crippen molar-refractivity contribution >= 4 is 33.2 Å². The molecular weight excluding hydrogens is 502 g/mol. The van der Waals surface area contributed by atoms with Gasteiger partial charge in [-0.3, -0.25) is 4.79 Å². The zero-order valence-corrected chi connectivity index (χ0v) is 24.4. The quantitative estimate of drug-likeness (QED) is 0.207. The zero-order valence-electron chi connectivity index (χ0n) is 22.8. The third kappa shape index (κ3) is 14.3. The number of nitrogens with zero attached hydrogens (tertiary/aromatic N) is 1. The first-order chi connectivity index (χ1) is 17.0. The van der Waals surface area contributed by atoms with Crippen molar-refractivity contribution in [2.24, 2.45) is 5.92 Å². The van der Waals surface area contributed by atoms with Crippen LogP contribution in [0.25, 0.3) is 0 Å². The molecule has 0 unspecified atom stereocenters. The van der Waals surface area contributed by atoms with E-state index in [9.17, 15) is 4.79 Å². The van der Waals surface area contributed by atoms with Crippen LogP contribution in [0.1, 0.15) is 60.8 Å². The standard InChI is InChI=1S/C25H36BrN3O2.2C2H6/c1-4-22(26)11-10-20(3)12-16-29-17-13-21(14-18-29)25(30)28-24-9-7-6-8-23(24)27-15-19-31-5-2;2*1-2/h4,6-11,21,27H,1,5,12-19H2,2-3H3,(H,28,30);2*1-2H3/b20-10+,22-11+;;. The van der Waals surface area contributed by atoms with E-state index in [2.05, 4.69) is 51.0 Å². The lowest BCUT2D eigenvalue weighted by atomic mass is 9.95. The van der Waals surface area contributed by atoms with Crippen molar-refractivity contribution in [1.82, 2.24) is 4.90 Å². The lowest BCUT2D eigenvalue weighted by molar-refractivity contribution is -0.121. The summed E-state index contributed by atoms with van der Waals surface area (Å²) >= 11 is 3.44. The van der Waals surface area contributed by atoms with Crippen LogP contribution in [0.3, 0.4) is 0 Å². The van der Waals surface area contributed by atoms with Crippen LogP contribution in [0.5, 0.6) is 0 Å². The van der Waals surface area contributed by atoms with Gasteiger partial charge in [-0.15, -0.1) is 0 Å².